The van der Waals surface area contributed by atoms with E-state index in [4.69, 9.17) is 10.5 Å². The minimum absolute atomic E-state index is 0.419. The number of ether oxygens (including phenoxy) is 1. The van der Waals surface area contributed by atoms with Gasteiger partial charge in [0, 0.05) is 32.3 Å². The van der Waals surface area contributed by atoms with E-state index in [0.717, 1.165) is 25.9 Å². The summed E-state index contributed by atoms with van der Waals surface area (Å²) in [5, 5.41) is 0. The zero-order valence-corrected chi connectivity index (χ0v) is 11.8. The summed E-state index contributed by atoms with van der Waals surface area (Å²) < 4.78 is 5.47. The van der Waals surface area contributed by atoms with Crippen molar-refractivity contribution in [3.8, 4) is 0 Å². The number of unbranched alkanes of at least 4 members (excludes halogenated alkanes) is 2. The smallest absolute Gasteiger partial charge is 0.0599 e. The van der Waals surface area contributed by atoms with Gasteiger partial charge < -0.3 is 10.5 Å². The van der Waals surface area contributed by atoms with Crippen LogP contribution in [-0.2, 0) is 4.74 Å². The van der Waals surface area contributed by atoms with Gasteiger partial charge in [-0.2, -0.15) is 0 Å². The third-order valence-electron chi connectivity index (χ3n) is 4.11. The first-order valence-corrected chi connectivity index (χ1v) is 7.21. The van der Waals surface area contributed by atoms with Gasteiger partial charge in [0.15, 0.2) is 0 Å². The number of methoxy groups -OCH3 is 1. The monoisotopic (exact) mass is 242 g/mol. The average Bonchev–Trinajstić information content (AvgIpc) is 2.38. The molecular weight excluding hydrogens is 212 g/mol. The Morgan fingerprint density at radius 3 is 2.76 bits per heavy atom. The first-order chi connectivity index (χ1) is 8.22. The molecule has 1 aliphatic rings. The van der Waals surface area contributed by atoms with E-state index in [0.29, 0.717) is 18.2 Å². The number of hydrogen-bond donors (Lipinski definition) is 1. The van der Waals surface area contributed by atoms with E-state index in [1.54, 1.807) is 0 Å². The molecular formula is C14H30N2O. The highest BCUT2D eigenvalue weighted by Gasteiger charge is 2.30. The molecule has 0 aromatic rings. The molecule has 1 aliphatic heterocycles. The fourth-order valence-electron chi connectivity index (χ4n) is 2.91. The Morgan fingerprint density at radius 1 is 1.41 bits per heavy atom. The lowest BCUT2D eigenvalue weighted by Gasteiger charge is -2.42. The molecule has 17 heavy (non-hydrogen) atoms. The fourth-order valence-corrected chi connectivity index (χ4v) is 2.91. The molecule has 3 nitrogen and oxygen atoms in total. The van der Waals surface area contributed by atoms with Crippen molar-refractivity contribution in [3.63, 3.8) is 0 Å². The van der Waals surface area contributed by atoms with Crippen LogP contribution >= 0.6 is 0 Å². The van der Waals surface area contributed by atoms with Gasteiger partial charge in [0.2, 0.25) is 0 Å². The van der Waals surface area contributed by atoms with E-state index in [1.807, 2.05) is 7.11 Å². The van der Waals surface area contributed by atoms with Gasteiger partial charge in [-0.1, -0.05) is 26.2 Å². The molecule has 1 saturated heterocycles. The molecule has 0 amide bonds. The molecule has 102 valence electrons. The second kappa shape index (κ2) is 8.06. The van der Waals surface area contributed by atoms with Crippen molar-refractivity contribution in [2.75, 3.05) is 20.2 Å². The van der Waals surface area contributed by atoms with Crippen molar-refractivity contribution in [3.05, 3.63) is 0 Å². The summed E-state index contributed by atoms with van der Waals surface area (Å²) in [5.41, 5.74) is 5.91. The summed E-state index contributed by atoms with van der Waals surface area (Å²) in [4.78, 5) is 2.60. The summed E-state index contributed by atoms with van der Waals surface area (Å²) in [6.45, 7) is 6.52. The standard InChI is InChI=1S/C14H30N2O/c1-4-5-6-7-12(2)16-9-8-14(17-3)10-13(16)11-15/h12-14H,4-11,15H2,1-3H3. The molecule has 0 bridgehead atoms. The highest BCUT2D eigenvalue weighted by Crippen LogP contribution is 2.23. The summed E-state index contributed by atoms with van der Waals surface area (Å²) >= 11 is 0. The van der Waals surface area contributed by atoms with E-state index >= 15 is 0 Å². The van der Waals surface area contributed by atoms with Gasteiger partial charge in [-0.15, -0.1) is 0 Å². The van der Waals surface area contributed by atoms with Crippen molar-refractivity contribution in [1.29, 1.82) is 0 Å². The Kier molecular flexibility index (Phi) is 7.09. The normalized spacial score (nSPS) is 28.2. The van der Waals surface area contributed by atoms with Crippen LogP contribution in [0, 0.1) is 0 Å². The van der Waals surface area contributed by atoms with Crippen molar-refractivity contribution in [2.45, 2.75) is 70.6 Å². The lowest BCUT2D eigenvalue weighted by molar-refractivity contribution is -0.00282. The van der Waals surface area contributed by atoms with Crippen LogP contribution in [0.25, 0.3) is 0 Å². The number of nitrogens with zero attached hydrogens (tertiary/aromatic N) is 1. The van der Waals surface area contributed by atoms with Crippen molar-refractivity contribution in [1.82, 2.24) is 4.90 Å². The lowest BCUT2D eigenvalue weighted by atomic mass is 9.96. The van der Waals surface area contributed by atoms with E-state index in [1.165, 1.54) is 25.7 Å². The molecule has 1 rings (SSSR count). The number of piperidine rings is 1. The SMILES string of the molecule is CCCCCC(C)N1CCC(OC)CC1CN. The summed E-state index contributed by atoms with van der Waals surface area (Å²) in [7, 11) is 1.82. The van der Waals surface area contributed by atoms with Gasteiger partial charge in [0.25, 0.3) is 0 Å². The second-order valence-corrected chi connectivity index (χ2v) is 5.35. The van der Waals surface area contributed by atoms with Crippen molar-refractivity contribution in [2.24, 2.45) is 5.73 Å². The van der Waals surface area contributed by atoms with E-state index in [-0.39, 0.29) is 0 Å². The molecule has 1 heterocycles. The first-order valence-electron chi connectivity index (χ1n) is 7.21. The molecule has 0 aliphatic carbocycles. The van der Waals surface area contributed by atoms with Crippen LogP contribution in [0.2, 0.25) is 0 Å². The second-order valence-electron chi connectivity index (χ2n) is 5.35. The average molecular weight is 242 g/mol. The van der Waals surface area contributed by atoms with Gasteiger partial charge in [-0.3, -0.25) is 4.90 Å². The predicted octanol–water partition coefficient (Wildman–Crippen LogP) is 2.39. The zero-order chi connectivity index (χ0) is 12.7. The Bertz CT molecular complexity index is 199. The molecule has 0 saturated carbocycles. The third-order valence-corrected chi connectivity index (χ3v) is 4.11. The van der Waals surface area contributed by atoms with Gasteiger partial charge >= 0.3 is 0 Å². The number of hydrogen-bond acceptors (Lipinski definition) is 3. The van der Waals surface area contributed by atoms with Crippen LogP contribution in [0.5, 0.6) is 0 Å². The van der Waals surface area contributed by atoms with Crippen LogP contribution < -0.4 is 5.73 Å². The van der Waals surface area contributed by atoms with Gasteiger partial charge in [0.1, 0.15) is 0 Å². The zero-order valence-electron chi connectivity index (χ0n) is 11.8. The molecule has 3 atom stereocenters. The van der Waals surface area contributed by atoms with Crippen LogP contribution in [-0.4, -0.2) is 43.3 Å². The summed E-state index contributed by atoms with van der Waals surface area (Å²) in [5.74, 6) is 0. The maximum atomic E-state index is 5.91. The quantitative estimate of drug-likeness (QED) is 0.697. The highest BCUT2D eigenvalue weighted by atomic mass is 16.5. The Morgan fingerprint density at radius 2 is 2.18 bits per heavy atom. The van der Waals surface area contributed by atoms with E-state index in [9.17, 15) is 0 Å². The molecule has 0 spiro atoms. The number of likely N-dealkylation sites (tertiary alicyclic amines) is 1. The van der Waals surface area contributed by atoms with Crippen LogP contribution in [0.4, 0.5) is 0 Å². The van der Waals surface area contributed by atoms with Crippen molar-refractivity contribution < 1.29 is 4.74 Å². The topological polar surface area (TPSA) is 38.5 Å². The van der Waals surface area contributed by atoms with Gasteiger partial charge in [-0.05, 0) is 26.2 Å². The third kappa shape index (κ3) is 4.57. The molecule has 3 unspecified atom stereocenters. The van der Waals surface area contributed by atoms with Crippen molar-refractivity contribution >= 4 is 0 Å². The molecule has 1 fully saturated rings. The Labute approximate surface area is 107 Å². The maximum Gasteiger partial charge on any atom is 0.0599 e. The van der Waals surface area contributed by atoms with Crippen LogP contribution in [0.15, 0.2) is 0 Å². The molecule has 0 aromatic heterocycles. The summed E-state index contributed by atoms with van der Waals surface area (Å²) in [6, 6.07) is 1.19. The molecule has 0 aromatic carbocycles. The Balaban J connectivity index is 2.39. The Hall–Kier alpha value is -0.120. The highest BCUT2D eigenvalue weighted by molar-refractivity contribution is 4.85. The summed E-state index contributed by atoms with van der Waals surface area (Å²) in [6.07, 6.45) is 7.99. The molecule has 2 N–H and O–H groups in total. The number of rotatable bonds is 7. The minimum Gasteiger partial charge on any atom is -0.381 e. The predicted molar refractivity (Wildman–Crippen MR) is 73.2 cm³/mol. The van der Waals surface area contributed by atoms with Crippen LogP contribution in [0.1, 0.15) is 52.4 Å². The molecule has 0 radical (unpaired) electrons. The van der Waals surface area contributed by atoms with E-state index in [2.05, 4.69) is 18.7 Å². The first kappa shape index (κ1) is 14.9. The van der Waals surface area contributed by atoms with Crippen LogP contribution in [0.3, 0.4) is 0 Å². The van der Waals surface area contributed by atoms with Gasteiger partial charge in [0.05, 0.1) is 6.10 Å². The maximum absolute atomic E-state index is 5.91. The van der Waals surface area contributed by atoms with Gasteiger partial charge in [-0.25, -0.2) is 0 Å². The molecule has 3 heteroatoms. The largest absolute Gasteiger partial charge is 0.381 e. The number of nitrogens with two attached hydrogens (primary N) is 1. The minimum atomic E-state index is 0.419. The lowest BCUT2D eigenvalue weighted by Crippen LogP contribution is -2.52. The van der Waals surface area contributed by atoms with E-state index < -0.39 is 0 Å². The fraction of sp³-hybridized carbons (Fsp3) is 1.00.